The highest BCUT2D eigenvalue weighted by Crippen LogP contribution is 2.14. The third-order valence-electron chi connectivity index (χ3n) is 2.60. The summed E-state index contributed by atoms with van der Waals surface area (Å²) in [5, 5.41) is 0.565. The summed E-state index contributed by atoms with van der Waals surface area (Å²) in [6.07, 6.45) is 0. The lowest BCUT2D eigenvalue weighted by Crippen LogP contribution is -2.07. The predicted molar refractivity (Wildman–Crippen MR) is 71.7 cm³/mol. The highest BCUT2D eigenvalue weighted by Gasteiger charge is 2.13. The molecule has 2 rings (SSSR count). The molecule has 0 saturated carbocycles. The second kappa shape index (κ2) is 5.85. The molecule has 2 nitrogen and oxygen atoms in total. The molecule has 0 unspecified atom stereocenters. The van der Waals surface area contributed by atoms with E-state index in [0.29, 0.717) is 5.02 Å². The molecule has 0 fully saturated rings. The van der Waals surface area contributed by atoms with E-state index in [-0.39, 0.29) is 12.2 Å². The van der Waals surface area contributed by atoms with Crippen molar-refractivity contribution in [3.63, 3.8) is 0 Å². The van der Waals surface area contributed by atoms with E-state index in [1.54, 1.807) is 37.3 Å². The molecule has 0 amide bonds. The van der Waals surface area contributed by atoms with Gasteiger partial charge in [-0.15, -0.1) is 0 Å². The topological polar surface area (TPSA) is 26.3 Å². The second-order valence-electron chi connectivity index (χ2n) is 4.19. The molecule has 0 heterocycles. The Kier molecular flexibility index (Phi) is 4.17. The van der Waals surface area contributed by atoms with Crippen molar-refractivity contribution in [2.24, 2.45) is 0 Å². The third kappa shape index (κ3) is 3.55. The number of carbonyl (C=O) groups is 1. The first-order valence-electron chi connectivity index (χ1n) is 5.74. The van der Waals surface area contributed by atoms with Crippen molar-refractivity contribution < 1.29 is 13.9 Å². The molecule has 0 aromatic heterocycles. The fourth-order valence-corrected chi connectivity index (χ4v) is 1.85. The molecule has 0 saturated heterocycles. The average molecular weight is 279 g/mol. The van der Waals surface area contributed by atoms with Crippen LogP contribution in [0.4, 0.5) is 4.39 Å². The van der Waals surface area contributed by atoms with Crippen molar-refractivity contribution in [1.82, 2.24) is 0 Å². The van der Waals surface area contributed by atoms with E-state index < -0.39 is 11.8 Å². The molecule has 0 N–H and O–H groups in total. The summed E-state index contributed by atoms with van der Waals surface area (Å²) in [4.78, 5) is 11.7. The van der Waals surface area contributed by atoms with Crippen LogP contribution in [0.3, 0.4) is 0 Å². The molecular formula is C15H12ClFO2. The lowest BCUT2D eigenvalue weighted by atomic mass is 10.1. The fraction of sp³-hybridized carbons (Fsp3) is 0.133. The predicted octanol–water partition coefficient (Wildman–Crippen LogP) is 4.14. The number of halogens is 2. The van der Waals surface area contributed by atoms with E-state index >= 15 is 0 Å². The molecule has 98 valence electrons. The minimum Gasteiger partial charge on any atom is -0.457 e. The maximum atomic E-state index is 13.6. The van der Waals surface area contributed by atoms with Gasteiger partial charge in [-0.1, -0.05) is 29.8 Å². The van der Waals surface area contributed by atoms with Gasteiger partial charge in [0, 0.05) is 5.02 Å². The van der Waals surface area contributed by atoms with Gasteiger partial charge in [0.15, 0.2) is 0 Å². The third-order valence-corrected chi connectivity index (χ3v) is 2.84. The standard InChI is InChI=1S/C15H12ClFO2/c1-10-5-6-13(14(17)7-10)15(18)19-9-11-3-2-4-12(16)8-11/h2-8H,9H2,1H3. The average Bonchev–Trinajstić information content (AvgIpc) is 2.36. The molecule has 0 spiro atoms. The van der Waals surface area contributed by atoms with Crippen LogP contribution in [0.15, 0.2) is 42.5 Å². The smallest absolute Gasteiger partial charge is 0.341 e. The largest absolute Gasteiger partial charge is 0.457 e. The van der Waals surface area contributed by atoms with E-state index in [2.05, 4.69) is 0 Å². The number of hydrogen-bond donors (Lipinski definition) is 0. The van der Waals surface area contributed by atoms with Crippen molar-refractivity contribution in [3.05, 3.63) is 70.0 Å². The van der Waals surface area contributed by atoms with Crippen LogP contribution in [0.25, 0.3) is 0 Å². The first-order valence-corrected chi connectivity index (χ1v) is 6.12. The summed E-state index contributed by atoms with van der Waals surface area (Å²) in [6.45, 7) is 1.82. The van der Waals surface area contributed by atoms with Crippen LogP contribution >= 0.6 is 11.6 Å². The van der Waals surface area contributed by atoms with Crippen LogP contribution in [0, 0.1) is 12.7 Å². The minimum atomic E-state index is -0.683. The number of hydrogen-bond acceptors (Lipinski definition) is 2. The summed E-state index contributed by atoms with van der Waals surface area (Å²) >= 11 is 5.82. The van der Waals surface area contributed by atoms with Crippen molar-refractivity contribution in [2.45, 2.75) is 13.5 Å². The minimum absolute atomic E-state index is 0.0622. The molecule has 2 aromatic carbocycles. The lowest BCUT2D eigenvalue weighted by molar-refractivity contribution is 0.0467. The number of rotatable bonds is 3. The summed E-state index contributed by atoms with van der Waals surface area (Å²) in [6, 6.07) is 11.4. The van der Waals surface area contributed by atoms with E-state index in [9.17, 15) is 9.18 Å². The fourth-order valence-electron chi connectivity index (χ4n) is 1.64. The summed E-state index contributed by atoms with van der Waals surface area (Å²) < 4.78 is 18.6. The van der Waals surface area contributed by atoms with Crippen molar-refractivity contribution in [2.75, 3.05) is 0 Å². The van der Waals surface area contributed by atoms with Gasteiger partial charge < -0.3 is 4.74 Å². The molecule has 0 bridgehead atoms. The Morgan fingerprint density at radius 3 is 2.74 bits per heavy atom. The molecule has 0 aliphatic carbocycles. The SMILES string of the molecule is Cc1ccc(C(=O)OCc2cccc(Cl)c2)c(F)c1. The Bertz CT molecular complexity index is 611. The number of ether oxygens (including phenoxy) is 1. The van der Waals surface area contributed by atoms with Crippen LogP contribution in [-0.4, -0.2) is 5.97 Å². The highest BCUT2D eigenvalue weighted by molar-refractivity contribution is 6.30. The monoisotopic (exact) mass is 278 g/mol. The van der Waals surface area contributed by atoms with E-state index in [1.165, 1.54) is 12.1 Å². The number of benzene rings is 2. The Labute approximate surface area is 115 Å². The van der Waals surface area contributed by atoms with Gasteiger partial charge in [0.2, 0.25) is 0 Å². The normalized spacial score (nSPS) is 10.3. The van der Waals surface area contributed by atoms with Crippen LogP contribution in [-0.2, 0) is 11.3 Å². The molecule has 2 aromatic rings. The number of carbonyl (C=O) groups excluding carboxylic acids is 1. The maximum absolute atomic E-state index is 13.6. The van der Waals surface area contributed by atoms with Crippen LogP contribution in [0.1, 0.15) is 21.5 Å². The Balaban J connectivity index is 2.05. The second-order valence-corrected chi connectivity index (χ2v) is 4.63. The number of aryl methyl sites for hydroxylation is 1. The summed E-state index contributed by atoms with van der Waals surface area (Å²) in [5.41, 5.74) is 1.45. The van der Waals surface area contributed by atoms with Gasteiger partial charge in [-0.3, -0.25) is 0 Å². The lowest BCUT2D eigenvalue weighted by Gasteiger charge is -2.06. The maximum Gasteiger partial charge on any atom is 0.341 e. The first-order chi connectivity index (χ1) is 9.06. The van der Waals surface area contributed by atoms with Gasteiger partial charge in [-0.25, -0.2) is 9.18 Å². The Morgan fingerprint density at radius 2 is 2.05 bits per heavy atom. The molecule has 0 aliphatic rings. The van der Waals surface area contributed by atoms with Crippen molar-refractivity contribution in [3.8, 4) is 0 Å². The quantitative estimate of drug-likeness (QED) is 0.789. The van der Waals surface area contributed by atoms with Gasteiger partial charge >= 0.3 is 5.97 Å². The van der Waals surface area contributed by atoms with E-state index in [4.69, 9.17) is 16.3 Å². The summed E-state index contributed by atoms with van der Waals surface area (Å²) in [5.74, 6) is -1.26. The van der Waals surface area contributed by atoms with Gasteiger partial charge in [-0.05, 0) is 42.3 Å². The van der Waals surface area contributed by atoms with Gasteiger partial charge in [0.25, 0.3) is 0 Å². The molecule has 0 aliphatic heterocycles. The van der Waals surface area contributed by atoms with Crippen molar-refractivity contribution >= 4 is 17.6 Å². The Hall–Kier alpha value is -1.87. The zero-order chi connectivity index (χ0) is 13.8. The molecule has 4 heteroatoms. The van der Waals surface area contributed by atoms with Crippen LogP contribution < -0.4 is 0 Å². The molecular weight excluding hydrogens is 267 g/mol. The van der Waals surface area contributed by atoms with Gasteiger partial charge in [0.1, 0.15) is 12.4 Å². The highest BCUT2D eigenvalue weighted by atomic mass is 35.5. The van der Waals surface area contributed by atoms with Crippen molar-refractivity contribution in [1.29, 1.82) is 0 Å². The van der Waals surface area contributed by atoms with E-state index in [0.717, 1.165) is 11.1 Å². The van der Waals surface area contributed by atoms with Gasteiger partial charge in [-0.2, -0.15) is 0 Å². The first kappa shape index (κ1) is 13.6. The van der Waals surface area contributed by atoms with Crippen LogP contribution in [0.5, 0.6) is 0 Å². The van der Waals surface area contributed by atoms with Gasteiger partial charge in [0.05, 0.1) is 5.56 Å². The zero-order valence-corrected chi connectivity index (χ0v) is 11.1. The number of esters is 1. The molecule has 19 heavy (non-hydrogen) atoms. The van der Waals surface area contributed by atoms with E-state index in [1.807, 2.05) is 0 Å². The molecule has 0 atom stereocenters. The summed E-state index contributed by atoms with van der Waals surface area (Å²) in [7, 11) is 0. The Morgan fingerprint density at radius 1 is 1.26 bits per heavy atom. The van der Waals surface area contributed by atoms with Crippen LogP contribution in [0.2, 0.25) is 5.02 Å². The zero-order valence-electron chi connectivity index (χ0n) is 10.3. The molecule has 0 radical (unpaired) electrons.